The molecule has 0 heterocycles. The zero-order valence-corrected chi connectivity index (χ0v) is 10.2. The van der Waals surface area contributed by atoms with Crippen LogP contribution in [0.3, 0.4) is 0 Å². The second-order valence-electron chi connectivity index (χ2n) is 2.78. The van der Waals surface area contributed by atoms with Gasteiger partial charge in [-0.2, -0.15) is 0 Å². The van der Waals surface area contributed by atoms with Crippen LogP contribution in [0.15, 0.2) is 60.7 Å². The Hall–Kier alpha value is -0.751. The molecule has 0 aromatic heterocycles. The van der Waals surface area contributed by atoms with Crippen LogP contribution in [0.2, 0.25) is 0 Å². The SMILES string of the molecule is [Cl-].c1ccc([SeH+]c2ccccc2)cc1. The van der Waals surface area contributed by atoms with Crippen LogP contribution in [-0.2, 0) is 0 Å². The van der Waals surface area contributed by atoms with E-state index in [2.05, 4.69) is 60.7 Å². The number of hydrogen-bond donors (Lipinski definition) is 0. The van der Waals surface area contributed by atoms with Crippen LogP contribution in [0, 0.1) is 0 Å². The summed E-state index contributed by atoms with van der Waals surface area (Å²) in [5.41, 5.74) is 0. The van der Waals surface area contributed by atoms with E-state index in [0.29, 0.717) is 0 Å². The van der Waals surface area contributed by atoms with Gasteiger partial charge in [-0.1, -0.05) is 0 Å². The standard InChI is InChI=1S/C12H10Se.ClH/c1-3-7-11(8-4-1)13-12-9-5-2-6-10-12;/h1-10H;1H. The molecule has 2 aromatic carbocycles. The predicted molar refractivity (Wildman–Crippen MR) is 59.3 cm³/mol. The van der Waals surface area contributed by atoms with Crippen molar-refractivity contribution in [1.82, 2.24) is 0 Å². The summed E-state index contributed by atoms with van der Waals surface area (Å²) in [7, 11) is 0. The summed E-state index contributed by atoms with van der Waals surface area (Å²) in [6, 6.07) is 21.4. The average Bonchev–Trinajstić information content (AvgIpc) is 2.21. The molecule has 0 aliphatic carbocycles. The first-order chi connectivity index (χ1) is 6.45. The molecule has 0 nitrogen and oxygen atoms in total. The van der Waals surface area contributed by atoms with E-state index in [0.717, 1.165) is 0 Å². The number of hydrogen-bond acceptors (Lipinski definition) is 0. The zero-order valence-electron chi connectivity index (χ0n) is 7.60. The minimum absolute atomic E-state index is 0. The van der Waals surface area contributed by atoms with E-state index in [1.54, 1.807) is 0 Å². The Morgan fingerprint density at radius 2 is 0.929 bits per heavy atom. The molecular formula is C12H11ClSe. The molecular weight excluding hydrogens is 259 g/mol. The van der Waals surface area contributed by atoms with Crippen molar-refractivity contribution in [1.29, 1.82) is 0 Å². The fraction of sp³-hybridized carbons (Fsp3) is 0. The fourth-order valence-electron chi connectivity index (χ4n) is 1.15. The molecule has 0 aliphatic rings. The summed E-state index contributed by atoms with van der Waals surface area (Å²) >= 11 is 0.177. The Balaban J connectivity index is 0.000000980. The maximum atomic E-state index is 2.20. The monoisotopic (exact) mass is 270 g/mol. The van der Waals surface area contributed by atoms with Gasteiger partial charge in [-0.05, 0) is 0 Å². The third kappa shape index (κ3) is 3.19. The van der Waals surface area contributed by atoms with Crippen LogP contribution in [-0.4, -0.2) is 15.0 Å². The van der Waals surface area contributed by atoms with Gasteiger partial charge in [0, 0.05) is 0 Å². The summed E-state index contributed by atoms with van der Waals surface area (Å²) < 4.78 is 2.93. The van der Waals surface area contributed by atoms with Crippen LogP contribution < -0.4 is 21.3 Å². The van der Waals surface area contributed by atoms with Gasteiger partial charge in [0.15, 0.2) is 0 Å². The molecule has 0 saturated carbocycles. The van der Waals surface area contributed by atoms with Gasteiger partial charge in [0.05, 0.1) is 0 Å². The van der Waals surface area contributed by atoms with Crippen molar-refractivity contribution >= 4 is 23.9 Å². The van der Waals surface area contributed by atoms with E-state index >= 15 is 0 Å². The van der Waals surface area contributed by atoms with Gasteiger partial charge in [0.2, 0.25) is 0 Å². The summed E-state index contributed by atoms with van der Waals surface area (Å²) in [6.45, 7) is 0. The van der Waals surface area contributed by atoms with Gasteiger partial charge in [0.1, 0.15) is 0 Å². The molecule has 0 unspecified atom stereocenters. The van der Waals surface area contributed by atoms with Gasteiger partial charge in [-0.25, -0.2) is 0 Å². The van der Waals surface area contributed by atoms with Crippen molar-refractivity contribution in [3.05, 3.63) is 60.7 Å². The van der Waals surface area contributed by atoms with Crippen molar-refractivity contribution in [2.75, 3.05) is 0 Å². The number of halogens is 1. The van der Waals surface area contributed by atoms with Gasteiger partial charge >= 0.3 is 84.5 Å². The third-order valence-corrected chi connectivity index (χ3v) is 4.11. The van der Waals surface area contributed by atoms with Crippen molar-refractivity contribution in [3.63, 3.8) is 0 Å². The van der Waals surface area contributed by atoms with Gasteiger partial charge in [-0.15, -0.1) is 0 Å². The Morgan fingerprint density at radius 3 is 1.29 bits per heavy atom. The fourth-order valence-corrected chi connectivity index (χ4v) is 3.13. The van der Waals surface area contributed by atoms with Crippen LogP contribution in [0.25, 0.3) is 0 Å². The predicted octanol–water partition coefficient (Wildman–Crippen LogP) is -1.92. The van der Waals surface area contributed by atoms with E-state index in [1.807, 2.05) is 0 Å². The Labute approximate surface area is 96.9 Å². The van der Waals surface area contributed by atoms with Gasteiger partial charge in [0.25, 0.3) is 0 Å². The molecule has 0 fully saturated rings. The molecule has 2 rings (SSSR count). The molecule has 0 N–H and O–H groups in total. The zero-order chi connectivity index (χ0) is 8.93. The van der Waals surface area contributed by atoms with Crippen LogP contribution in [0.4, 0.5) is 0 Å². The first kappa shape index (κ1) is 11.3. The quantitative estimate of drug-likeness (QED) is 0.558. The van der Waals surface area contributed by atoms with Gasteiger partial charge < -0.3 is 12.4 Å². The van der Waals surface area contributed by atoms with Crippen molar-refractivity contribution in [3.8, 4) is 0 Å². The molecule has 0 radical (unpaired) electrons. The van der Waals surface area contributed by atoms with E-state index in [-0.39, 0.29) is 27.4 Å². The van der Waals surface area contributed by atoms with Crippen LogP contribution in [0.1, 0.15) is 0 Å². The first-order valence-electron chi connectivity index (χ1n) is 4.27. The number of benzene rings is 2. The molecule has 72 valence electrons. The first-order valence-corrected chi connectivity index (χ1v) is 6.15. The Bertz CT molecular complexity index is 321. The second-order valence-corrected chi connectivity index (χ2v) is 5.42. The average molecular weight is 270 g/mol. The van der Waals surface area contributed by atoms with Crippen LogP contribution in [0.5, 0.6) is 0 Å². The van der Waals surface area contributed by atoms with E-state index in [9.17, 15) is 0 Å². The Kier molecular flexibility index (Phi) is 4.75. The Morgan fingerprint density at radius 1 is 0.571 bits per heavy atom. The molecule has 0 atom stereocenters. The van der Waals surface area contributed by atoms with Crippen molar-refractivity contribution < 1.29 is 12.4 Å². The molecule has 2 heteroatoms. The summed E-state index contributed by atoms with van der Waals surface area (Å²) in [5, 5.41) is 0. The normalized spacial score (nSPS) is 9.14. The molecule has 0 amide bonds. The minimum atomic E-state index is 0. The molecule has 14 heavy (non-hydrogen) atoms. The molecule has 0 aliphatic heterocycles. The van der Waals surface area contributed by atoms with Crippen molar-refractivity contribution in [2.24, 2.45) is 0 Å². The van der Waals surface area contributed by atoms with E-state index in [1.165, 1.54) is 8.92 Å². The summed E-state index contributed by atoms with van der Waals surface area (Å²) in [6.07, 6.45) is 0. The van der Waals surface area contributed by atoms with Gasteiger partial charge in [-0.3, -0.25) is 0 Å². The molecule has 0 bridgehead atoms. The topological polar surface area (TPSA) is 0 Å². The maximum absolute atomic E-state index is 2.20. The molecule has 0 saturated heterocycles. The molecule has 0 spiro atoms. The van der Waals surface area contributed by atoms with E-state index in [4.69, 9.17) is 0 Å². The van der Waals surface area contributed by atoms with E-state index < -0.39 is 0 Å². The summed E-state index contributed by atoms with van der Waals surface area (Å²) in [4.78, 5) is 0. The van der Waals surface area contributed by atoms with Crippen LogP contribution >= 0.6 is 0 Å². The number of rotatable bonds is 2. The summed E-state index contributed by atoms with van der Waals surface area (Å²) in [5.74, 6) is 0. The molecule has 2 aromatic rings. The third-order valence-electron chi connectivity index (χ3n) is 1.77. The van der Waals surface area contributed by atoms with Crippen molar-refractivity contribution in [2.45, 2.75) is 0 Å². The second kappa shape index (κ2) is 5.87.